The van der Waals surface area contributed by atoms with Crippen molar-refractivity contribution in [2.45, 2.75) is 27.2 Å². The van der Waals surface area contributed by atoms with Crippen LogP contribution in [0.4, 0.5) is 5.69 Å². The molecule has 0 aliphatic heterocycles. The van der Waals surface area contributed by atoms with E-state index in [-0.39, 0.29) is 0 Å². The zero-order chi connectivity index (χ0) is 16.1. The van der Waals surface area contributed by atoms with Crippen molar-refractivity contribution >= 4 is 28.0 Å². The van der Waals surface area contributed by atoms with Crippen LogP contribution < -0.4 is 0 Å². The summed E-state index contributed by atoms with van der Waals surface area (Å²) in [7, 11) is 2.04. The van der Waals surface area contributed by atoms with Crippen LogP contribution in [0.2, 0.25) is 0 Å². The molecular formula is C19H23BrN2. The fourth-order valence-electron chi connectivity index (χ4n) is 2.30. The Bertz CT molecular complexity index is 660. The van der Waals surface area contributed by atoms with Crippen LogP contribution in [0.5, 0.6) is 0 Å². The zero-order valence-electron chi connectivity index (χ0n) is 13.7. The van der Waals surface area contributed by atoms with Gasteiger partial charge in [-0.25, -0.2) is 4.99 Å². The summed E-state index contributed by atoms with van der Waals surface area (Å²) in [6, 6.07) is 12.9. The minimum Gasteiger partial charge on any atom is -0.366 e. The van der Waals surface area contributed by atoms with E-state index in [1.54, 1.807) is 0 Å². The van der Waals surface area contributed by atoms with Gasteiger partial charge in [-0.05, 0) is 67.6 Å². The fourth-order valence-corrected chi connectivity index (χ4v) is 2.56. The summed E-state index contributed by atoms with van der Waals surface area (Å²) in [5, 5.41) is 0. The molecule has 0 aliphatic rings. The molecule has 2 aromatic carbocycles. The van der Waals surface area contributed by atoms with E-state index in [9.17, 15) is 0 Å². The minimum absolute atomic E-state index is 0.937. The number of halogens is 1. The van der Waals surface area contributed by atoms with Crippen LogP contribution in [-0.4, -0.2) is 24.8 Å². The van der Waals surface area contributed by atoms with Crippen molar-refractivity contribution in [1.82, 2.24) is 4.90 Å². The molecule has 2 rings (SSSR count). The molecule has 0 aliphatic carbocycles. The molecule has 0 fully saturated rings. The van der Waals surface area contributed by atoms with E-state index in [1.807, 2.05) is 13.4 Å². The van der Waals surface area contributed by atoms with E-state index in [1.165, 1.54) is 22.3 Å². The van der Waals surface area contributed by atoms with E-state index >= 15 is 0 Å². The van der Waals surface area contributed by atoms with Crippen LogP contribution in [0, 0.1) is 13.8 Å². The first-order valence-electron chi connectivity index (χ1n) is 7.58. The lowest BCUT2D eigenvalue weighted by atomic mass is 9.97. The van der Waals surface area contributed by atoms with Crippen LogP contribution in [0.3, 0.4) is 0 Å². The lowest BCUT2D eigenvalue weighted by Gasteiger charge is -2.13. The van der Waals surface area contributed by atoms with E-state index in [4.69, 9.17) is 0 Å². The van der Waals surface area contributed by atoms with Gasteiger partial charge in [0.25, 0.3) is 0 Å². The first-order valence-corrected chi connectivity index (χ1v) is 8.38. The minimum atomic E-state index is 0.937. The Morgan fingerprint density at radius 1 is 1.14 bits per heavy atom. The molecule has 0 spiro atoms. The smallest absolute Gasteiger partial charge is 0.0909 e. The van der Waals surface area contributed by atoms with E-state index < -0.39 is 0 Å². The molecule has 2 nitrogen and oxygen atoms in total. The molecule has 0 aromatic heterocycles. The van der Waals surface area contributed by atoms with Gasteiger partial charge in [0, 0.05) is 18.1 Å². The Morgan fingerprint density at radius 2 is 1.82 bits per heavy atom. The predicted octanol–water partition coefficient (Wildman–Crippen LogP) is 5.27. The van der Waals surface area contributed by atoms with Crippen molar-refractivity contribution in [2.75, 3.05) is 13.6 Å². The Hall–Kier alpha value is -1.61. The summed E-state index contributed by atoms with van der Waals surface area (Å²) in [6.07, 6.45) is 2.85. The second-order valence-electron chi connectivity index (χ2n) is 5.69. The molecule has 0 bridgehead atoms. The monoisotopic (exact) mass is 358 g/mol. The van der Waals surface area contributed by atoms with Gasteiger partial charge in [-0.15, -0.1) is 0 Å². The maximum absolute atomic E-state index is 4.65. The van der Waals surface area contributed by atoms with E-state index in [0.717, 1.165) is 23.1 Å². The van der Waals surface area contributed by atoms with E-state index in [0.29, 0.717) is 0 Å². The maximum Gasteiger partial charge on any atom is 0.0909 e. The number of aryl methyl sites for hydroxylation is 1. The summed E-state index contributed by atoms with van der Waals surface area (Å²) >= 11 is 3.49. The zero-order valence-corrected chi connectivity index (χ0v) is 15.3. The number of aliphatic imine (C=N–C) groups is 1. The van der Waals surface area contributed by atoms with Crippen LogP contribution in [0.15, 0.2) is 45.9 Å². The summed E-state index contributed by atoms with van der Waals surface area (Å²) in [5.74, 6) is 0. The second-order valence-corrected chi connectivity index (χ2v) is 6.60. The Morgan fingerprint density at radius 3 is 2.45 bits per heavy atom. The van der Waals surface area contributed by atoms with Crippen molar-refractivity contribution in [1.29, 1.82) is 0 Å². The van der Waals surface area contributed by atoms with Crippen LogP contribution >= 0.6 is 15.9 Å². The molecule has 0 amide bonds. The van der Waals surface area contributed by atoms with Gasteiger partial charge in [0.2, 0.25) is 0 Å². The van der Waals surface area contributed by atoms with Crippen molar-refractivity contribution in [3.8, 4) is 0 Å². The highest BCUT2D eigenvalue weighted by atomic mass is 79.9. The number of rotatable bonds is 5. The normalized spacial score (nSPS) is 11.1. The predicted molar refractivity (Wildman–Crippen MR) is 99.3 cm³/mol. The lowest BCUT2D eigenvalue weighted by Crippen LogP contribution is -2.14. The Labute approximate surface area is 142 Å². The number of hydrogen-bond donors (Lipinski definition) is 0. The van der Waals surface area contributed by atoms with Crippen LogP contribution in [0.1, 0.15) is 29.2 Å². The molecule has 0 heterocycles. The topological polar surface area (TPSA) is 15.6 Å². The third kappa shape index (κ3) is 4.44. The molecule has 2 aromatic rings. The highest BCUT2D eigenvalue weighted by Crippen LogP contribution is 2.26. The quantitative estimate of drug-likeness (QED) is 0.525. The second kappa shape index (κ2) is 7.59. The molecule has 0 saturated heterocycles. The number of hydrogen-bond acceptors (Lipinski definition) is 1. The molecular weight excluding hydrogens is 336 g/mol. The first kappa shape index (κ1) is 16.8. The largest absolute Gasteiger partial charge is 0.366 e. The molecule has 0 atom stereocenters. The Kier molecular flexibility index (Phi) is 5.78. The van der Waals surface area contributed by atoms with Crippen LogP contribution in [0.25, 0.3) is 0 Å². The first-order chi connectivity index (χ1) is 10.5. The molecule has 0 N–H and O–H groups in total. The molecule has 0 saturated carbocycles. The maximum atomic E-state index is 4.65. The molecule has 0 unspecified atom stereocenters. The SMILES string of the molecule is CCN(C)C=Nc1cc(C)cc(Cc2ccc(Br)cc2)c1C. The van der Waals surface area contributed by atoms with Crippen molar-refractivity contribution in [3.63, 3.8) is 0 Å². The standard InChI is InChI=1S/C19H23BrN2/c1-5-22(4)13-21-19-11-14(2)10-17(15(19)3)12-16-6-8-18(20)9-7-16/h6-11,13H,5,12H2,1-4H3. The van der Waals surface area contributed by atoms with Crippen molar-refractivity contribution in [2.24, 2.45) is 4.99 Å². The van der Waals surface area contributed by atoms with Gasteiger partial charge in [0.05, 0.1) is 12.0 Å². The molecule has 22 heavy (non-hydrogen) atoms. The van der Waals surface area contributed by atoms with Gasteiger partial charge < -0.3 is 4.90 Å². The molecule has 3 heteroatoms. The van der Waals surface area contributed by atoms with E-state index in [2.05, 4.69) is 83.0 Å². The van der Waals surface area contributed by atoms with Gasteiger partial charge in [-0.1, -0.05) is 34.1 Å². The van der Waals surface area contributed by atoms with Gasteiger partial charge in [-0.2, -0.15) is 0 Å². The van der Waals surface area contributed by atoms with Gasteiger partial charge in [-0.3, -0.25) is 0 Å². The number of benzene rings is 2. The average Bonchev–Trinajstić information content (AvgIpc) is 2.50. The summed E-state index contributed by atoms with van der Waals surface area (Å²) in [6.45, 7) is 7.37. The van der Waals surface area contributed by atoms with Gasteiger partial charge in [0.1, 0.15) is 0 Å². The Balaban J connectivity index is 2.30. The van der Waals surface area contributed by atoms with Crippen molar-refractivity contribution in [3.05, 3.63) is 63.1 Å². The molecule has 116 valence electrons. The average molecular weight is 359 g/mol. The highest BCUT2D eigenvalue weighted by Gasteiger charge is 2.06. The van der Waals surface area contributed by atoms with Crippen molar-refractivity contribution < 1.29 is 0 Å². The number of nitrogens with zero attached hydrogens (tertiary/aromatic N) is 2. The van der Waals surface area contributed by atoms with Gasteiger partial charge in [0.15, 0.2) is 0 Å². The third-order valence-electron chi connectivity index (χ3n) is 3.83. The highest BCUT2D eigenvalue weighted by molar-refractivity contribution is 9.10. The van der Waals surface area contributed by atoms with Gasteiger partial charge >= 0.3 is 0 Å². The fraction of sp³-hybridized carbons (Fsp3) is 0.316. The summed E-state index contributed by atoms with van der Waals surface area (Å²) in [5.41, 5.74) is 6.23. The van der Waals surface area contributed by atoms with Crippen LogP contribution in [-0.2, 0) is 6.42 Å². The lowest BCUT2D eigenvalue weighted by molar-refractivity contribution is 0.552. The third-order valence-corrected chi connectivity index (χ3v) is 4.36. The molecule has 0 radical (unpaired) electrons. The summed E-state index contributed by atoms with van der Waals surface area (Å²) in [4.78, 5) is 6.73. The summed E-state index contributed by atoms with van der Waals surface area (Å²) < 4.78 is 1.12.